The van der Waals surface area contributed by atoms with E-state index in [1.54, 1.807) is 25.4 Å². The van der Waals surface area contributed by atoms with Gasteiger partial charge >= 0.3 is 5.97 Å². The summed E-state index contributed by atoms with van der Waals surface area (Å²) in [7, 11) is 1.56. The predicted octanol–water partition coefficient (Wildman–Crippen LogP) is 0.693. The highest BCUT2D eigenvalue weighted by molar-refractivity contribution is 7.10. The number of amides is 1. The number of thiophene rings is 1. The first-order valence-electron chi connectivity index (χ1n) is 5.77. The summed E-state index contributed by atoms with van der Waals surface area (Å²) in [5.41, 5.74) is 5.79. The molecule has 0 fully saturated rings. The molecule has 1 heterocycles. The zero-order valence-electron chi connectivity index (χ0n) is 10.9. The van der Waals surface area contributed by atoms with Crippen LogP contribution in [0.4, 0.5) is 0 Å². The van der Waals surface area contributed by atoms with Crippen molar-refractivity contribution < 1.29 is 14.3 Å². The molecule has 5 nitrogen and oxygen atoms in total. The molecular weight excluding hydrogens is 264 g/mol. The zero-order chi connectivity index (χ0) is 14.3. The second kappa shape index (κ2) is 7.56. The Kier molecular flexibility index (Phi) is 6.06. The van der Waals surface area contributed by atoms with Gasteiger partial charge in [0.15, 0.2) is 0 Å². The van der Waals surface area contributed by atoms with Crippen LogP contribution in [0.15, 0.2) is 11.4 Å². The summed E-state index contributed by atoms with van der Waals surface area (Å²) < 4.78 is 4.79. The molecule has 0 saturated heterocycles. The van der Waals surface area contributed by atoms with E-state index in [1.165, 1.54) is 16.2 Å². The van der Waals surface area contributed by atoms with E-state index >= 15 is 0 Å². The highest BCUT2D eigenvalue weighted by atomic mass is 32.1. The normalized spacial score (nSPS) is 9.42. The molecule has 0 atom stereocenters. The van der Waals surface area contributed by atoms with Crippen molar-refractivity contribution in [2.45, 2.75) is 6.92 Å². The van der Waals surface area contributed by atoms with Crippen molar-refractivity contribution in [1.82, 2.24) is 4.90 Å². The Labute approximate surface area is 116 Å². The van der Waals surface area contributed by atoms with Gasteiger partial charge in [0, 0.05) is 12.4 Å². The molecule has 1 aromatic rings. The maximum Gasteiger partial charge on any atom is 0.325 e. The lowest BCUT2D eigenvalue weighted by Crippen LogP contribution is -2.32. The first-order chi connectivity index (χ1) is 9.08. The molecule has 0 aliphatic carbocycles. The predicted molar refractivity (Wildman–Crippen MR) is 73.8 cm³/mol. The van der Waals surface area contributed by atoms with E-state index in [1.807, 2.05) is 0 Å². The van der Waals surface area contributed by atoms with Crippen LogP contribution in [-0.2, 0) is 9.53 Å². The number of nitrogens with zero attached hydrogens (tertiary/aromatic N) is 1. The molecule has 0 saturated carbocycles. The Morgan fingerprint density at radius 2 is 2.26 bits per heavy atom. The van der Waals surface area contributed by atoms with Gasteiger partial charge in [-0.25, -0.2) is 0 Å². The third-order valence-electron chi connectivity index (χ3n) is 2.18. The van der Waals surface area contributed by atoms with Gasteiger partial charge in [0.2, 0.25) is 0 Å². The largest absolute Gasteiger partial charge is 0.465 e. The summed E-state index contributed by atoms with van der Waals surface area (Å²) in [4.78, 5) is 25.4. The summed E-state index contributed by atoms with van der Waals surface area (Å²) >= 11 is 1.37. The van der Waals surface area contributed by atoms with Gasteiger partial charge in [0.25, 0.3) is 5.91 Å². The number of nitrogens with two attached hydrogens (primary N) is 1. The summed E-state index contributed by atoms with van der Waals surface area (Å²) in [6.07, 6.45) is 0. The highest BCUT2D eigenvalue weighted by Crippen LogP contribution is 2.15. The minimum absolute atomic E-state index is 0.0632. The Morgan fingerprint density at radius 3 is 2.89 bits per heavy atom. The molecule has 1 amide bonds. The van der Waals surface area contributed by atoms with Crippen molar-refractivity contribution in [2.75, 3.05) is 26.7 Å². The topological polar surface area (TPSA) is 72.6 Å². The van der Waals surface area contributed by atoms with E-state index in [4.69, 9.17) is 10.5 Å². The minimum atomic E-state index is -0.420. The molecule has 0 unspecified atom stereocenters. The average molecular weight is 280 g/mol. The van der Waals surface area contributed by atoms with Crippen LogP contribution >= 0.6 is 11.3 Å². The van der Waals surface area contributed by atoms with Crippen LogP contribution in [-0.4, -0.2) is 43.5 Å². The quantitative estimate of drug-likeness (QED) is 0.650. The summed E-state index contributed by atoms with van der Waals surface area (Å²) in [6.45, 7) is 2.25. The summed E-state index contributed by atoms with van der Waals surface area (Å²) in [5, 5.41) is 1.71. The first-order valence-corrected chi connectivity index (χ1v) is 6.65. The molecule has 0 bridgehead atoms. The van der Waals surface area contributed by atoms with Crippen LogP contribution in [0.5, 0.6) is 0 Å². The summed E-state index contributed by atoms with van der Waals surface area (Å²) in [5.74, 6) is 4.93. The molecule has 19 heavy (non-hydrogen) atoms. The van der Waals surface area contributed by atoms with Crippen molar-refractivity contribution in [3.05, 3.63) is 21.9 Å². The molecule has 6 heteroatoms. The number of hydrogen-bond acceptors (Lipinski definition) is 5. The van der Waals surface area contributed by atoms with Crippen molar-refractivity contribution in [3.8, 4) is 11.8 Å². The fourth-order valence-electron chi connectivity index (χ4n) is 1.34. The standard InChI is InChI=1S/C13H16N2O3S/c1-3-18-12(16)8-15(2)13(17)10-7-11(19-9-10)5-4-6-14/h7,9H,3,6,8,14H2,1-2H3. The van der Waals surface area contributed by atoms with Crippen LogP contribution < -0.4 is 5.73 Å². The van der Waals surface area contributed by atoms with Gasteiger partial charge in [-0.3, -0.25) is 9.59 Å². The maximum atomic E-state index is 12.0. The van der Waals surface area contributed by atoms with Gasteiger partial charge in [-0.05, 0) is 13.0 Å². The van der Waals surface area contributed by atoms with Crippen molar-refractivity contribution in [3.63, 3.8) is 0 Å². The number of esters is 1. The minimum Gasteiger partial charge on any atom is -0.465 e. The fraction of sp³-hybridized carbons (Fsp3) is 0.385. The van der Waals surface area contributed by atoms with Crippen molar-refractivity contribution >= 4 is 23.2 Å². The van der Waals surface area contributed by atoms with Gasteiger partial charge < -0.3 is 15.4 Å². The molecule has 0 aromatic carbocycles. The molecule has 1 aromatic heterocycles. The number of carbonyl (C=O) groups is 2. The number of hydrogen-bond donors (Lipinski definition) is 1. The van der Waals surface area contributed by atoms with Crippen molar-refractivity contribution in [2.24, 2.45) is 5.73 Å². The molecule has 0 aliphatic heterocycles. The van der Waals surface area contributed by atoms with E-state index in [-0.39, 0.29) is 19.0 Å². The van der Waals surface area contributed by atoms with E-state index < -0.39 is 5.97 Å². The maximum absolute atomic E-state index is 12.0. The zero-order valence-corrected chi connectivity index (χ0v) is 11.8. The Bertz CT molecular complexity index is 513. The number of rotatable bonds is 4. The number of ether oxygens (including phenoxy) is 1. The van der Waals surface area contributed by atoms with E-state index in [0.29, 0.717) is 12.2 Å². The van der Waals surface area contributed by atoms with Crippen LogP contribution in [0.25, 0.3) is 0 Å². The lowest BCUT2D eigenvalue weighted by atomic mass is 10.2. The van der Waals surface area contributed by atoms with Gasteiger partial charge in [-0.2, -0.15) is 0 Å². The van der Waals surface area contributed by atoms with Gasteiger partial charge in [0.05, 0.1) is 23.6 Å². The van der Waals surface area contributed by atoms with E-state index in [0.717, 1.165) is 4.88 Å². The molecular formula is C13H16N2O3S. The van der Waals surface area contributed by atoms with Crippen LogP contribution in [0.2, 0.25) is 0 Å². The van der Waals surface area contributed by atoms with Crippen LogP contribution in [0.3, 0.4) is 0 Å². The lowest BCUT2D eigenvalue weighted by molar-refractivity contribution is -0.143. The van der Waals surface area contributed by atoms with Gasteiger partial charge in [-0.1, -0.05) is 11.8 Å². The van der Waals surface area contributed by atoms with Gasteiger partial charge in [0.1, 0.15) is 6.54 Å². The highest BCUT2D eigenvalue weighted by Gasteiger charge is 2.16. The van der Waals surface area contributed by atoms with Crippen molar-refractivity contribution in [1.29, 1.82) is 0 Å². The molecule has 0 spiro atoms. The first kappa shape index (κ1) is 15.2. The third-order valence-corrected chi connectivity index (χ3v) is 3.02. The van der Waals surface area contributed by atoms with E-state index in [9.17, 15) is 9.59 Å². The van der Waals surface area contributed by atoms with E-state index in [2.05, 4.69) is 11.8 Å². The Hall–Kier alpha value is -1.84. The van der Waals surface area contributed by atoms with Gasteiger partial charge in [-0.15, -0.1) is 11.3 Å². The monoisotopic (exact) mass is 280 g/mol. The number of carbonyl (C=O) groups excluding carboxylic acids is 2. The van der Waals surface area contributed by atoms with Crippen LogP contribution in [0.1, 0.15) is 22.2 Å². The second-order valence-electron chi connectivity index (χ2n) is 3.67. The summed E-state index contributed by atoms with van der Waals surface area (Å²) in [6, 6.07) is 1.69. The molecule has 1 rings (SSSR count). The average Bonchev–Trinajstić information content (AvgIpc) is 2.84. The lowest BCUT2D eigenvalue weighted by Gasteiger charge is -2.14. The smallest absolute Gasteiger partial charge is 0.325 e. The molecule has 2 N–H and O–H groups in total. The third kappa shape index (κ3) is 4.73. The molecule has 102 valence electrons. The molecule has 0 radical (unpaired) electrons. The fourth-order valence-corrected chi connectivity index (χ4v) is 2.09. The SMILES string of the molecule is CCOC(=O)CN(C)C(=O)c1csc(C#CCN)c1. The Morgan fingerprint density at radius 1 is 1.53 bits per heavy atom. The van der Waals surface area contributed by atoms with Crippen LogP contribution in [0, 0.1) is 11.8 Å². The second-order valence-corrected chi connectivity index (χ2v) is 4.58. The Balaban J connectivity index is 2.66. The molecule has 0 aliphatic rings. The number of likely N-dealkylation sites (N-methyl/N-ethyl adjacent to an activating group) is 1.